The van der Waals surface area contributed by atoms with Gasteiger partial charge in [-0.25, -0.2) is 5.06 Å². The molecule has 0 saturated heterocycles. The minimum absolute atomic E-state index is 0.176. The van der Waals surface area contributed by atoms with Crippen LogP contribution in [0.4, 0.5) is 0 Å². The van der Waals surface area contributed by atoms with Crippen LogP contribution < -0.4 is 0 Å². The Balaban J connectivity index is 2.56. The lowest BCUT2D eigenvalue weighted by Crippen LogP contribution is -2.25. The minimum Gasteiger partial charge on any atom is -0.274 e. The van der Waals surface area contributed by atoms with Crippen molar-refractivity contribution in [3.05, 3.63) is 46.4 Å². The van der Waals surface area contributed by atoms with Crippen molar-refractivity contribution in [1.29, 1.82) is 0 Å². The first-order valence-corrected chi connectivity index (χ1v) is 5.94. The summed E-state index contributed by atoms with van der Waals surface area (Å²) in [5, 5.41) is 3.31. The molecule has 17 heavy (non-hydrogen) atoms. The summed E-state index contributed by atoms with van der Waals surface area (Å²) in [7, 11) is 3.05. The summed E-state index contributed by atoms with van der Waals surface area (Å²) >= 11 is 3.48. The third-order valence-corrected chi connectivity index (χ3v) is 3.51. The van der Waals surface area contributed by atoms with E-state index in [2.05, 4.69) is 15.9 Å². The first-order chi connectivity index (χ1) is 8.15. The highest BCUT2D eigenvalue weighted by molar-refractivity contribution is 9.10. The van der Waals surface area contributed by atoms with Gasteiger partial charge in [0.1, 0.15) is 0 Å². The topological polar surface area (TPSA) is 29.5 Å². The molecule has 2 aromatic carbocycles. The Bertz CT molecular complexity index is 568. The van der Waals surface area contributed by atoms with Gasteiger partial charge in [-0.15, -0.1) is 0 Å². The Morgan fingerprint density at radius 1 is 1.24 bits per heavy atom. The average Bonchev–Trinajstić information content (AvgIpc) is 2.38. The van der Waals surface area contributed by atoms with Gasteiger partial charge in [-0.2, -0.15) is 0 Å². The van der Waals surface area contributed by atoms with Crippen molar-refractivity contribution in [3.63, 3.8) is 0 Å². The number of hydrogen-bond acceptors (Lipinski definition) is 2. The highest BCUT2D eigenvalue weighted by atomic mass is 79.9. The van der Waals surface area contributed by atoms with E-state index in [1.807, 2.05) is 30.3 Å². The molecule has 0 unspecified atom stereocenters. The summed E-state index contributed by atoms with van der Waals surface area (Å²) in [6, 6.07) is 11.6. The van der Waals surface area contributed by atoms with Crippen molar-refractivity contribution < 1.29 is 9.63 Å². The van der Waals surface area contributed by atoms with Gasteiger partial charge < -0.3 is 0 Å². The maximum Gasteiger partial charge on any atom is 0.278 e. The molecule has 0 saturated carbocycles. The number of carbonyl (C=O) groups excluding carboxylic acids is 1. The van der Waals surface area contributed by atoms with E-state index in [9.17, 15) is 4.79 Å². The van der Waals surface area contributed by atoms with Crippen molar-refractivity contribution in [2.45, 2.75) is 0 Å². The molecular weight excluding hydrogens is 282 g/mol. The first-order valence-electron chi connectivity index (χ1n) is 5.14. The van der Waals surface area contributed by atoms with E-state index in [1.165, 1.54) is 12.2 Å². The van der Waals surface area contributed by atoms with Crippen molar-refractivity contribution in [2.24, 2.45) is 0 Å². The number of nitrogens with zero attached hydrogens (tertiary/aromatic N) is 1. The van der Waals surface area contributed by atoms with Crippen LogP contribution in [0, 0.1) is 0 Å². The van der Waals surface area contributed by atoms with Crippen LogP contribution in [0.25, 0.3) is 10.8 Å². The van der Waals surface area contributed by atoms with Crippen molar-refractivity contribution >= 4 is 32.6 Å². The van der Waals surface area contributed by atoms with Gasteiger partial charge in [0.05, 0.1) is 12.7 Å². The Hall–Kier alpha value is -1.39. The van der Waals surface area contributed by atoms with Crippen LogP contribution in [0.15, 0.2) is 40.9 Å². The zero-order chi connectivity index (χ0) is 12.4. The Morgan fingerprint density at radius 2 is 1.94 bits per heavy atom. The molecule has 4 heteroatoms. The molecule has 0 aliphatic carbocycles. The smallest absolute Gasteiger partial charge is 0.274 e. The molecule has 0 bridgehead atoms. The summed E-state index contributed by atoms with van der Waals surface area (Å²) in [6.45, 7) is 0. The normalized spacial score (nSPS) is 10.5. The number of fused-ring (bicyclic) bond motifs is 1. The van der Waals surface area contributed by atoms with Gasteiger partial charge in [0, 0.05) is 11.5 Å². The van der Waals surface area contributed by atoms with E-state index >= 15 is 0 Å². The molecule has 0 N–H and O–H groups in total. The van der Waals surface area contributed by atoms with Crippen LogP contribution in [0.2, 0.25) is 0 Å². The Labute approximate surface area is 108 Å². The lowest BCUT2D eigenvalue weighted by Gasteiger charge is -2.15. The second kappa shape index (κ2) is 4.85. The fourth-order valence-electron chi connectivity index (χ4n) is 1.65. The molecule has 0 spiro atoms. The van der Waals surface area contributed by atoms with Gasteiger partial charge in [-0.05, 0) is 32.8 Å². The molecule has 0 aliphatic heterocycles. The van der Waals surface area contributed by atoms with Crippen LogP contribution in [0.3, 0.4) is 0 Å². The standard InChI is InChI=1S/C13H12BrNO2/c1-15(17-2)13(16)11-8-7-9-5-3-4-6-10(9)12(11)14/h3-8H,1-2H3. The van der Waals surface area contributed by atoms with Gasteiger partial charge in [0.25, 0.3) is 5.91 Å². The van der Waals surface area contributed by atoms with Crippen molar-refractivity contribution in [1.82, 2.24) is 5.06 Å². The molecule has 0 radical (unpaired) electrons. The van der Waals surface area contributed by atoms with E-state index in [1.54, 1.807) is 13.1 Å². The third kappa shape index (κ3) is 2.18. The lowest BCUT2D eigenvalue weighted by atomic mass is 10.1. The van der Waals surface area contributed by atoms with Crippen molar-refractivity contribution in [3.8, 4) is 0 Å². The second-order valence-electron chi connectivity index (χ2n) is 3.63. The third-order valence-electron chi connectivity index (χ3n) is 2.65. The molecule has 3 nitrogen and oxygen atoms in total. The second-order valence-corrected chi connectivity index (χ2v) is 4.43. The SMILES string of the molecule is CON(C)C(=O)c1ccc2ccccc2c1Br. The fraction of sp³-hybridized carbons (Fsp3) is 0.154. The van der Waals surface area contributed by atoms with E-state index in [0.717, 1.165) is 15.2 Å². The van der Waals surface area contributed by atoms with E-state index in [-0.39, 0.29) is 5.91 Å². The van der Waals surface area contributed by atoms with Gasteiger partial charge in [0.15, 0.2) is 0 Å². The molecule has 0 heterocycles. The molecule has 0 aliphatic rings. The highest BCUT2D eigenvalue weighted by Crippen LogP contribution is 2.28. The van der Waals surface area contributed by atoms with Gasteiger partial charge in [-0.3, -0.25) is 9.63 Å². The van der Waals surface area contributed by atoms with Gasteiger partial charge in [-0.1, -0.05) is 30.3 Å². The predicted molar refractivity (Wildman–Crippen MR) is 70.8 cm³/mol. The number of hydrogen-bond donors (Lipinski definition) is 0. The molecule has 0 fully saturated rings. The summed E-state index contributed by atoms with van der Waals surface area (Å²) in [4.78, 5) is 16.9. The van der Waals surface area contributed by atoms with Crippen LogP contribution in [-0.4, -0.2) is 25.1 Å². The number of halogens is 1. The maximum atomic E-state index is 12.0. The van der Waals surface area contributed by atoms with Gasteiger partial charge in [0.2, 0.25) is 0 Å². The largest absolute Gasteiger partial charge is 0.278 e. The van der Waals surface area contributed by atoms with Crippen LogP contribution in [0.5, 0.6) is 0 Å². The van der Waals surface area contributed by atoms with E-state index < -0.39 is 0 Å². The van der Waals surface area contributed by atoms with Crippen LogP contribution >= 0.6 is 15.9 Å². The molecule has 0 atom stereocenters. The monoisotopic (exact) mass is 293 g/mol. The van der Waals surface area contributed by atoms with Gasteiger partial charge >= 0.3 is 0 Å². The van der Waals surface area contributed by atoms with Crippen LogP contribution in [0.1, 0.15) is 10.4 Å². The lowest BCUT2D eigenvalue weighted by molar-refractivity contribution is -0.0757. The Morgan fingerprint density at radius 3 is 2.65 bits per heavy atom. The molecule has 1 amide bonds. The summed E-state index contributed by atoms with van der Waals surface area (Å²) in [6.07, 6.45) is 0. The molecule has 0 aromatic heterocycles. The number of benzene rings is 2. The maximum absolute atomic E-state index is 12.0. The Kier molecular flexibility index (Phi) is 3.45. The number of amides is 1. The summed E-state index contributed by atoms with van der Waals surface area (Å²) in [5.74, 6) is -0.176. The molecule has 2 rings (SSSR count). The first kappa shape index (κ1) is 12.1. The summed E-state index contributed by atoms with van der Waals surface area (Å²) in [5.41, 5.74) is 0.591. The zero-order valence-corrected chi connectivity index (χ0v) is 11.2. The predicted octanol–water partition coefficient (Wildman–Crippen LogP) is 3.24. The molecular formula is C13H12BrNO2. The highest BCUT2D eigenvalue weighted by Gasteiger charge is 2.16. The van der Waals surface area contributed by atoms with E-state index in [4.69, 9.17) is 4.84 Å². The summed E-state index contributed by atoms with van der Waals surface area (Å²) < 4.78 is 0.796. The van der Waals surface area contributed by atoms with Crippen molar-refractivity contribution in [2.75, 3.05) is 14.2 Å². The number of rotatable bonds is 2. The quantitative estimate of drug-likeness (QED) is 0.796. The molecule has 88 valence electrons. The molecule has 2 aromatic rings. The number of carbonyl (C=O) groups is 1. The van der Waals surface area contributed by atoms with E-state index in [0.29, 0.717) is 5.56 Å². The number of hydroxylamine groups is 2. The zero-order valence-electron chi connectivity index (χ0n) is 9.61. The average molecular weight is 294 g/mol. The van der Waals surface area contributed by atoms with Crippen LogP contribution in [-0.2, 0) is 4.84 Å². The minimum atomic E-state index is -0.176. The fourth-order valence-corrected chi connectivity index (χ4v) is 2.31.